The molecule has 8 heteroatoms. The SMILES string of the molecule is COc1ccccc1N1CCN(Cc2coc(-c3ccc(C(F)(F)F)cc3)n2)CC1. The lowest BCUT2D eigenvalue weighted by atomic mass is 10.1. The summed E-state index contributed by atoms with van der Waals surface area (Å²) in [5.74, 6) is 1.19. The van der Waals surface area contributed by atoms with E-state index < -0.39 is 11.7 Å². The van der Waals surface area contributed by atoms with E-state index in [0.717, 1.165) is 55.4 Å². The van der Waals surface area contributed by atoms with Crippen LogP contribution in [0.2, 0.25) is 0 Å². The lowest BCUT2D eigenvalue weighted by Gasteiger charge is -2.36. The molecule has 1 saturated heterocycles. The van der Waals surface area contributed by atoms with E-state index in [1.165, 1.54) is 12.1 Å². The van der Waals surface area contributed by atoms with Crippen LogP contribution in [0.1, 0.15) is 11.3 Å². The Balaban J connectivity index is 1.36. The highest BCUT2D eigenvalue weighted by Gasteiger charge is 2.30. The van der Waals surface area contributed by atoms with Crippen LogP contribution in [0.5, 0.6) is 5.75 Å². The van der Waals surface area contributed by atoms with Gasteiger partial charge in [0.25, 0.3) is 0 Å². The van der Waals surface area contributed by atoms with Crippen molar-refractivity contribution >= 4 is 5.69 Å². The normalized spacial score (nSPS) is 15.4. The first-order chi connectivity index (χ1) is 14.4. The molecular weight excluding hydrogens is 395 g/mol. The number of nitrogens with zero attached hydrogens (tertiary/aromatic N) is 3. The lowest BCUT2D eigenvalue weighted by Crippen LogP contribution is -2.46. The topological polar surface area (TPSA) is 41.7 Å². The zero-order valence-electron chi connectivity index (χ0n) is 16.5. The van der Waals surface area contributed by atoms with Crippen LogP contribution in [0.4, 0.5) is 18.9 Å². The molecule has 0 amide bonds. The minimum absolute atomic E-state index is 0.325. The fourth-order valence-electron chi connectivity index (χ4n) is 3.58. The summed E-state index contributed by atoms with van der Waals surface area (Å²) in [6.45, 7) is 4.08. The van der Waals surface area contributed by atoms with Crippen molar-refractivity contribution in [2.45, 2.75) is 12.7 Å². The first-order valence-corrected chi connectivity index (χ1v) is 9.66. The molecule has 0 spiro atoms. The van der Waals surface area contributed by atoms with Crippen molar-refractivity contribution in [3.05, 3.63) is 66.1 Å². The Kier molecular flexibility index (Phi) is 5.67. The number of piperazine rings is 1. The van der Waals surface area contributed by atoms with Crippen LogP contribution in [0.25, 0.3) is 11.5 Å². The maximum atomic E-state index is 12.7. The molecule has 1 aliphatic rings. The summed E-state index contributed by atoms with van der Waals surface area (Å²) in [6.07, 6.45) is -2.79. The molecule has 0 radical (unpaired) electrons. The summed E-state index contributed by atoms with van der Waals surface area (Å²) >= 11 is 0. The Bertz CT molecular complexity index is 978. The molecule has 0 aliphatic carbocycles. The van der Waals surface area contributed by atoms with Crippen molar-refractivity contribution in [3.63, 3.8) is 0 Å². The molecule has 3 aromatic rings. The first-order valence-electron chi connectivity index (χ1n) is 9.66. The number of para-hydroxylation sites is 2. The number of hydrogen-bond donors (Lipinski definition) is 0. The van der Waals surface area contributed by atoms with Crippen molar-refractivity contribution in [3.8, 4) is 17.2 Å². The number of alkyl halides is 3. The van der Waals surface area contributed by atoms with Crippen LogP contribution in [-0.4, -0.2) is 43.2 Å². The number of rotatable bonds is 5. The van der Waals surface area contributed by atoms with Gasteiger partial charge in [-0.25, -0.2) is 4.98 Å². The number of oxazole rings is 1. The molecule has 2 heterocycles. The zero-order valence-corrected chi connectivity index (χ0v) is 16.5. The number of benzene rings is 2. The predicted octanol–water partition coefficient (Wildman–Crippen LogP) is 4.69. The van der Waals surface area contributed by atoms with Gasteiger partial charge in [-0.15, -0.1) is 0 Å². The van der Waals surface area contributed by atoms with Crippen molar-refractivity contribution in [2.24, 2.45) is 0 Å². The van der Waals surface area contributed by atoms with Crippen LogP contribution in [0, 0.1) is 0 Å². The van der Waals surface area contributed by atoms with E-state index in [-0.39, 0.29) is 0 Å². The monoisotopic (exact) mass is 417 g/mol. The Labute approximate surface area is 172 Å². The van der Waals surface area contributed by atoms with Crippen molar-refractivity contribution in [1.29, 1.82) is 0 Å². The van der Waals surface area contributed by atoms with Crippen molar-refractivity contribution in [1.82, 2.24) is 9.88 Å². The molecule has 0 saturated carbocycles. The number of aromatic nitrogens is 1. The van der Waals surface area contributed by atoms with Crippen LogP contribution in [-0.2, 0) is 12.7 Å². The number of halogens is 3. The average Bonchev–Trinajstić information content (AvgIpc) is 3.22. The molecule has 0 N–H and O–H groups in total. The molecule has 1 aliphatic heterocycles. The largest absolute Gasteiger partial charge is 0.495 e. The third-order valence-corrected chi connectivity index (χ3v) is 5.19. The van der Waals surface area contributed by atoms with Gasteiger partial charge in [-0.1, -0.05) is 12.1 Å². The summed E-state index contributed by atoms with van der Waals surface area (Å²) in [7, 11) is 1.67. The highest BCUT2D eigenvalue weighted by Crippen LogP contribution is 2.31. The highest BCUT2D eigenvalue weighted by molar-refractivity contribution is 5.58. The smallest absolute Gasteiger partial charge is 0.416 e. The van der Waals surface area contributed by atoms with E-state index in [2.05, 4.69) is 20.9 Å². The van der Waals surface area contributed by atoms with E-state index in [1.54, 1.807) is 13.4 Å². The molecule has 158 valence electrons. The molecule has 0 atom stereocenters. The third kappa shape index (κ3) is 4.43. The third-order valence-electron chi connectivity index (χ3n) is 5.19. The van der Waals surface area contributed by atoms with Gasteiger partial charge in [0.15, 0.2) is 0 Å². The van der Waals surface area contributed by atoms with Crippen LogP contribution in [0.15, 0.2) is 59.2 Å². The summed E-state index contributed by atoms with van der Waals surface area (Å²) in [5, 5.41) is 0. The molecule has 4 rings (SSSR count). The van der Waals surface area contributed by atoms with Crippen LogP contribution >= 0.6 is 0 Å². The molecule has 1 aromatic heterocycles. The van der Waals surface area contributed by atoms with Gasteiger partial charge in [0.1, 0.15) is 12.0 Å². The Morgan fingerprint density at radius 3 is 2.37 bits per heavy atom. The van der Waals surface area contributed by atoms with E-state index >= 15 is 0 Å². The van der Waals surface area contributed by atoms with Gasteiger partial charge in [-0.2, -0.15) is 13.2 Å². The fourth-order valence-corrected chi connectivity index (χ4v) is 3.58. The molecule has 5 nitrogen and oxygen atoms in total. The molecule has 2 aromatic carbocycles. The fraction of sp³-hybridized carbons (Fsp3) is 0.318. The Morgan fingerprint density at radius 2 is 1.70 bits per heavy atom. The molecule has 1 fully saturated rings. The Hall–Kier alpha value is -3.00. The standard InChI is InChI=1S/C22H22F3N3O2/c1-29-20-5-3-2-4-19(20)28-12-10-27(11-13-28)14-18-15-30-21(26-18)16-6-8-17(9-7-16)22(23,24)25/h2-9,15H,10-14H2,1H3. The van der Waals surface area contributed by atoms with E-state index in [1.807, 2.05) is 18.2 Å². The van der Waals surface area contributed by atoms with Gasteiger partial charge < -0.3 is 14.1 Å². The lowest BCUT2D eigenvalue weighted by molar-refractivity contribution is -0.137. The predicted molar refractivity (Wildman–Crippen MR) is 107 cm³/mol. The highest BCUT2D eigenvalue weighted by atomic mass is 19.4. The molecule has 30 heavy (non-hydrogen) atoms. The van der Waals surface area contributed by atoms with Gasteiger partial charge >= 0.3 is 6.18 Å². The second kappa shape index (κ2) is 8.39. The average molecular weight is 417 g/mol. The minimum Gasteiger partial charge on any atom is -0.495 e. The number of methoxy groups -OCH3 is 1. The zero-order chi connectivity index (χ0) is 21.1. The van der Waals surface area contributed by atoms with Crippen LogP contribution in [0.3, 0.4) is 0 Å². The van der Waals surface area contributed by atoms with Crippen molar-refractivity contribution in [2.75, 3.05) is 38.2 Å². The maximum Gasteiger partial charge on any atom is 0.416 e. The second-order valence-electron chi connectivity index (χ2n) is 7.15. The van der Waals surface area contributed by atoms with Gasteiger partial charge in [0, 0.05) is 38.3 Å². The van der Waals surface area contributed by atoms with Crippen LogP contribution < -0.4 is 9.64 Å². The summed E-state index contributed by atoms with van der Waals surface area (Å²) in [4.78, 5) is 9.02. The van der Waals surface area contributed by atoms with Gasteiger partial charge in [-0.05, 0) is 36.4 Å². The molecular formula is C22H22F3N3O2. The van der Waals surface area contributed by atoms with Gasteiger partial charge in [0.2, 0.25) is 5.89 Å². The van der Waals surface area contributed by atoms with E-state index in [9.17, 15) is 13.2 Å². The summed E-state index contributed by atoms with van der Waals surface area (Å²) < 4.78 is 49.1. The number of anilines is 1. The number of ether oxygens (including phenoxy) is 1. The summed E-state index contributed by atoms with van der Waals surface area (Å²) in [5.41, 5.74) is 1.68. The quantitative estimate of drug-likeness (QED) is 0.603. The summed E-state index contributed by atoms with van der Waals surface area (Å²) in [6, 6.07) is 12.8. The van der Waals surface area contributed by atoms with E-state index in [4.69, 9.17) is 9.15 Å². The first kappa shape index (κ1) is 20.3. The minimum atomic E-state index is -4.35. The Morgan fingerprint density at radius 1 is 1.00 bits per heavy atom. The molecule has 0 unspecified atom stereocenters. The van der Waals surface area contributed by atoms with E-state index in [0.29, 0.717) is 18.0 Å². The van der Waals surface area contributed by atoms with Gasteiger partial charge in [-0.3, -0.25) is 4.90 Å². The van der Waals surface area contributed by atoms with Crippen molar-refractivity contribution < 1.29 is 22.3 Å². The molecule has 0 bridgehead atoms. The second-order valence-corrected chi connectivity index (χ2v) is 7.15. The van der Waals surface area contributed by atoms with Gasteiger partial charge in [0.05, 0.1) is 24.1 Å². The maximum absolute atomic E-state index is 12.7. The number of hydrogen-bond acceptors (Lipinski definition) is 5.